The molecule has 1 atom stereocenters. The molecule has 96 valence electrons. The molecule has 3 nitrogen and oxygen atoms in total. The molecule has 2 aromatic rings. The number of nitrogens with zero attached hydrogens (tertiary/aromatic N) is 2. The van der Waals surface area contributed by atoms with Crippen LogP contribution in [0.15, 0.2) is 35.1 Å². The summed E-state index contributed by atoms with van der Waals surface area (Å²) in [5, 5.41) is 0. The van der Waals surface area contributed by atoms with Crippen molar-refractivity contribution in [2.45, 2.75) is 32.7 Å². The van der Waals surface area contributed by atoms with Gasteiger partial charge in [0.2, 0.25) is 0 Å². The third kappa shape index (κ3) is 2.82. The van der Waals surface area contributed by atoms with Crippen molar-refractivity contribution in [1.29, 1.82) is 0 Å². The molecule has 4 heteroatoms. The first-order chi connectivity index (χ1) is 8.61. The molecule has 0 aliphatic rings. The molecule has 0 saturated heterocycles. The minimum Gasteiger partial charge on any atom is -0.327 e. The molecule has 0 aliphatic carbocycles. The van der Waals surface area contributed by atoms with Gasteiger partial charge < -0.3 is 10.3 Å². The predicted octanol–water partition coefficient (Wildman–Crippen LogP) is 3.22. The Morgan fingerprint density at radius 2 is 2.22 bits per heavy atom. The molecule has 0 saturated carbocycles. The lowest BCUT2D eigenvalue weighted by atomic mass is 10.0. The molecule has 18 heavy (non-hydrogen) atoms. The Hall–Kier alpha value is -1.13. The second-order valence-electron chi connectivity index (χ2n) is 4.49. The van der Waals surface area contributed by atoms with Gasteiger partial charge in [-0.05, 0) is 43.5 Å². The number of rotatable bonds is 4. The summed E-state index contributed by atoms with van der Waals surface area (Å²) < 4.78 is 3.19. The van der Waals surface area contributed by atoms with Gasteiger partial charge in [0.1, 0.15) is 5.82 Å². The Labute approximate surface area is 116 Å². The Bertz CT molecular complexity index is 534. The van der Waals surface area contributed by atoms with Gasteiger partial charge in [-0.3, -0.25) is 0 Å². The minimum absolute atomic E-state index is 0.196. The third-order valence-corrected chi connectivity index (χ3v) is 3.63. The van der Waals surface area contributed by atoms with E-state index in [1.165, 1.54) is 5.56 Å². The Kier molecular flexibility index (Phi) is 4.19. The molecule has 0 amide bonds. The molecule has 0 aliphatic heterocycles. The highest BCUT2D eigenvalue weighted by molar-refractivity contribution is 9.10. The number of hydrogen-bond donors (Lipinski definition) is 1. The number of benzene rings is 1. The molecule has 0 fully saturated rings. The van der Waals surface area contributed by atoms with Crippen LogP contribution < -0.4 is 5.73 Å². The fraction of sp³-hybridized carbons (Fsp3) is 0.357. The van der Waals surface area contributed by atoms with Crippen LogP contribution in [-0.4, -0.2) is 15.6 Å². The average molecular weight is 308 g/mol. The van der Waals surface area contributed by atoms with Crippen molar-refractivity contribution in [1.82, 2.24) is 9.55 Å². The highest BCUT2D eigenvalue weighted by Crippen LogP contribution is 2.22. The van der Waals surface area contributed by atoms with Crippen molar-refractivity contribution in [2.24, 2.45) is 5.73 Å². The van der Waals surface area contributed by atoms with Gasteiger partial charge in [0.25, 0.3) is 0 Å². The summed E-state index contributed by atoms with van der Waals surface area (Å²) in [6.45, 7) is 4.12. The van der Waals surface area contributed by atoms with E-state index in [0.717, 1.165) is 28.8 Å². The Balaban J connectivity index is 2.44. The van der Waals surface area contributed by atoms with Crippen LogP contribution in [0.5, 0.6) is 0 Å². The van der Waals surface area contributed by atoms with Gasteiger partial charge in [-0.15, -0.1) is 0 Å². The van der Waals surface area contributed by atoms with Crippen LogP contribution in [0.4, 0.5) is 0 Å². The zero-order valence-corrected chi connectivity index (χ0v) is 12.3. The van der Waals surface area contributed by atoms with E-state index in [0.29, 0.717) is 0 Å². The molecule has 0 radical (unpaired) electrons. The summed E-state index contributed by atoms with van der Waals surface area (Å²) in [6, 6.07) is 6.50. The largest absolute Gasteiger partial charge is 0.327 e. The number of aryl methyl sites for hydroxylation is 1. The highest BCUT2D eigenvalue weighted by atomic mass is 79.9. The third-order valence-electron chi connectivity index (χ3n) is 3.13. The molecule has 0 bridgehead atoms. The van der Waals surface area contributed by atoms with E-state index >= 15 is 0 Å². The molecule has 1 unspecified atom stereocenters. The number of halogens is 1. The maximum absolute atomic E-state index is 6.08. The van der Waals surface area contributed by atoms with Crippen molar-refractivity contribution >= 4 is 15.9 Å². The van der Waals surface area contributed by atoms with E-state index in [2.05, 4.69) is 50.6 Å². The summed E-state index contributed by atoms with van der Waals surface area (Å²) >= 11 is 3.52. The van der Waals surface area contributed by atoms with Gasteiger partial charge in [0, 0.05) is 22.9 Å². The fourth-order valence-electron chi connectivity index (χ4n) is 2.01. The number of aromatic nitrogens is 2. The Morgan fingerprint density at radius 3 is 2.83 bits per heavy atom. The second-order valence-corrected chi connectivity index (χ2v) is 5.41. The van der Waals surface area contributed by atoms with Crippen LogP contribution in [-0.2, 0) is 6.42 Å². The number of hydrogen-bond acceptors (Lipinski definition) is 2. The molecule has 2 N–H and O–H groups in total. The quantitative estimate of drug-likeness (QED) is 0.942. The maximum Gasteiger partial charge on any atom is 0.110 e. The summed E-state index contributed by atoms with van der Waals surface area (Å²) in [6.07, 6.45) is 5.66. The first-order valence-corrected chi connectivity index (χ1v) is 6.95. The van der Waals surface area contributed by atoms with Gasteiger partial charge in [-0.25, -0.2) is 4.98 Å². The molecule has 1 aromatic carbocycles. The molecular formula is C14H18BrN3. The van der Waals surface area contributed by atoms with E-state index < -0.39 is 0 Å². The van der Waals surface area contributed by atoms with E-state index in [1.54, 1.807) is 0 Å². The van der Waals surface area contributed by atoms with E-state index in [1.807, 2.05) is 19.3 Å². The number of nitrogens with two attached hydrogens (primary N) is 1. The number of imidazole rings is 1. The molecule has 1 aromatic heterocycles. The van der Waals surface area contributed by atoms with Crippen molar-refractivity contribution < 1.29 is 0 Å². The van der Waals surface area contributed by atoms with Crippen molar-refractivity contribution in [3.63, 3.8) is 0 Å². The summed E-state index contributed by atoms with van der Waals surface area (Å²) in [4.78, 5) is 4.28. The monoisotopic (exact) mass is 307 g/mol. The van der Waals surface area contributed by atoms with Crippen LogP contribution in [0.1, 0.15) is 24.7 Å². The molecule has 0 spiro atoms. The fourth-order valence-corrected chi connectivity index (χ4v) is 2.42. The van der Waals surface area contributed by atoms with E-state index in [-0.39, 0.29) is 6.04 Å². The van der Waals surface area contributed by atoms with Gasteiger partial charge in [0.15, 0.2) is 0 Å². The Morgan fingerprint density at radius 1 is 1.44 bits per heavy atom. The summed E-state index contributed by atoms with van der Waals surface area (Å²) in [7, 11) is 0. The predicted molar refractivity (Wildman–Crippen MR) is 78.0 cm³/mol. The highest BCUT2D eigenvalue weighted by Gasteiger charge is 2.10. The van der Waals surface area contributed by atoms with Gasteiger partial charge >= 0.3 is 0 Å². The smallest absolute Gasteiger partial charge is 0.110 e. The lowest BCUT2D eigenvalue weighted by Gasteiger charge is -2.15. The minimum atomic E-state index is 0.196. The topological polar surface area (TPSA) is 43.8 Å². The second kappa shape index (κ2) is 5.67. The SMILES string of the molecule is CCC(N)Cc1cc(Br)ccc1-n1ccnc1C. The van der Waals surface area contributed by atoms with Crippen LogP contribution >= 0.6 is 15.9 Å². The van der Waals surface area contributed by atoms with E-state index in [4.69, 9.17) is 5.73 Å². The molecular weight excluding hydrogens is 290 g/mol. The summed E-state index contributed by atoms with van der Waals surface area (Å²) in [5.41, 5.74) is 8.49. The van der Waals surface area contributed by atoms with E-state index in [9.17, 15) is 0 Å². The standard InChI is InChI=1S/C14H18BrN3/c1-3-13(16)9-11-8-12(15)4-5-14(11)18-7-6-17-10(18)2/h4-8,13H,3,9,16H2,1-2H3. The first kappa shape index (κ1) is 13.3. The lowest BCUT2D eigenvalue weighted by molar-refractivity contribution is 0.644. The first-order valence-electron chi connectivity index (χ1n) is 6.16. The van der Waals surface area contributed by atoms with Crippen LogP contribution in [0, 0.1) is 6.92 Å². The normalized spacial score (nSPS) is 12.7. The maximum atomic E-state index is 6.08. The van der Waals surface area contributed by atoms with Gasteiger partial charge in [-0.2, -0.15) is 0 Å². The zero-order valence-electron chi connectivity index (χ0n) is 10.7. The summed E-state index contributed by atoms with van der Waals surface area (Å²) in [5.74, 6) is 0.989. The molecule has 2 rings (SSSR count). The van der Waals surface area contributed by atoms with Crippen LogP contribution in [0.3, 0.4) is 0 Å². The van der Waals surface area contributed by atoms with Crippen molar-refractivity contribution in [2.75, 3.05) is 0 Å². The van der Waals surface area contributed by atoms with Crippen molar-refractivity contribution in [3.05, 3.63) is 46.5 Å². The average Bonchev–Trinajstić information content (AvgIpc) is 2.75. The van der Waals surface area contributed by atoms with Gasteiger partial charge in [-0.1, -0.05) is 22.9 Å². The van der Waals surface area contributed by atoms with Gasteiger partial charge in [0.05, 0.1) is 5.69 Å². The van der Waals surface area contributed by atoms with Crippen molar-refractivity contribution in [3.8, 4) is 5.69 Å². The lowest BCUT2D eigenvalue weighted by Crippen LogP contribution is -2.22. The van der Waals surface area contributed by atoms with Crippen LogP contribution in [0.2, 0.25) is 0 Å². The zero-order chi connectivity index (χ0) is 13.1. The molecule has 1 heterocycles. The van der Waals surface area contributed by atoms with Crippen LogP contribution in [0.25, 0.3) is 5.69 Å².